The zero-order valence-corrected chi connectivity index (χ0v) is 11.4. The quantitative estimate of drug-likeness (QED) is 0.855. The van der Waals surface area contributed by atoms with Crippen LogP contribution in [-0.4, -0.2) is 52.0 Å². The summed E-state index contributed by atoms with van der Waals surface area (Å²) in [5.74, 6) is -0.189. The Morgan fingerprint density at radius 2 is 2.32 bits per heavy atom. The first kappa shape index (κ1) is 14.0. The van der Waals surface area contributed by atoms with E-state index in [1.54, 1.807) is 12.0 Å². The van der Waals surface area contributed by atoms with Gasteiger partial charge in [-0.05, 0) is 19.8 Å². The molecule has 1 fully saturated rings. The highest BCUT2D eigenvalue weighted by Gasteiger charge is 2.26. The maximum absolute atomic E-state index is 11.7. The molecule has 19 heavy (non-hydrogen) atoms. The lowest BCUT2D eigenvalue weighted by Crippen LogP contribution is -2.43. The number of carbonyl (C=O) groups is 1. The van der Waals surface area contributed by atoms with Gasteiger partial charge < -0.3 is 14.7 Å². The van der Waals surface area contributed by atoms with E-state index in [1.807, 2.05) is 10.9 Å². The maximum atomic E-state index is 11.7. The molecule has 0 spiro atoms. The van der Waals surface area contributed by atoms with Gasteiger partial charge in [0, 0.05) is 32.5 Å². The van der Waals surface area contributed by atoms with Crippen LogP contribution in [0.4, 0.5) is 0 Å². The monoisotopic (exact) mass is 266 g/mol. The van der Waals surface area contributed by atoms with Gasteiger partial charge in [0.05, 0.1) is 18.3 Å². The Kier molecular flexibility index (Phi) is 4.55. The Hall–Kier alpha value is -1.40. The fourth-order valence-electron chi connectivity index (χ4n) is 2.35. The number of aliphatic hydroxyl groups is 1. The predicted octanol–water partition coefficient (Wildman–Crippen LogP) is 0.374. The smallest absolute Gasteiger partial charge is 0.251 e. The number of rotatable bonds is 4. The van der Waals surface area contributed by atoms with Gasteiger partial charge in [-0.1, -0.05) is 0 Å². The molecule has 0 saturated carbocycles. The maximum Gasteiger partial charge on any atom is 0.251 e. The second-order valence-corrected chi connectivity index (χ2v) is 4.87. The molecule has 0 bridgehead atoms. The van der Waals surface area contributed by atoms with Crippen LogP contribution in [-0.2, 0) is 16.1 Å². The fourth-order valence-corrected chi connectivity index (χ4v) is 2.35. The zero-order chi connectivity index (χ0) is 13.8. The van der Waals surface area contributed by atoms with E-state index in [2.05, 4.69) is 11.2 Å². The lowest BCUT2D eigenvalue weighted by molar-refractivity contribution is -0.140. The molecule has 0 aromatic carbocycles. The Bertz CT molecular complexity index is 423. The number of ether oxygens (including phenoxy) is 1. The van der Waals surface area contributed by atoms with E-state index in [0.717, 1.165) is 18.5 Å². The first-order chi connectivity index (χ1) is 9.11. The van der Waals surface area contributed by atoms with Crippen LogP contribution in [0, 0.1) is 6.07 Å². The average molecular weight is 266 g/mol. The number of methoxy groups -OCH3 is 1. The zero-order valence-electron chi connectivity index (χ0n) is 11.4. The van der Waals surface area contributed by atoms with E-state index in [1.165, 1.54) is 6.92 Å². The van der Waals surface area contributed by atoms with Gasteiger partial charge in [-0.25, -0.2) is 0 Å². The Labute approximate surface area is 113 Å². The van der Waals surface area contributed by atoms with E-state index in [0.29, 0.717) is 25.7 Å². The summed E-state index contributed by atoms with van der Waals surface area (Å²) in [6, 6.07) is 3.35. The van der Waals surface area contributed by atoms with Crippen LogP contribution in [0.3, 0.4) is 0 Å². The Balaban J connectivity index is 1.90. The number of likely N-dealkylation sites (tertiary alicyclic amines) is 1. The van der Waals surface area contributed by atoms with Crippen LogP contribution >= 0.6 is 0 Å². The van der Waals surface area contributed by atoms with Crippen molar-refractivity contribution in [1.82, 2.24) is 14.7 Å². The summed E-state index contributed by atoms with van der Waals surface area (Å²) in [5.41, 5.74) is 0.796. The van der Waals surface area contributed by atoms with Gasteiger partial charge in [-0.2, -0.15) is 5.10 Å². The molecule has 1 aromatic rings. The largest absolute Gasteiger partial charge is 0.384 e. The van der Waals surface area contributed by atoms with Gasteiger partial charge in [0.25, 0.3) is 5.91 Å². The van der Waals surface area contributed by atoms with Gasteiger partial charge in [0.2, 0.25) is 0 Å². The van der Waals surface area contributed by atoms with Crippen molar-refractivity contribution in [3.05, 3.63) is 18.0 Å². The number of hydrogen-bond donors (Lipinski definition) is 1. The van der Waals surface area contributed by atoms with E-state index < -0.39 is 6.10 Å². The summed E-state index contributed by atoms with van der Waals surface area (Å²) >= 11 is 0. The van der Waals surface area contributed by atoms with Gasteiger partial charge in [-0.3, -0.25) is 9.48 Å². The second-order valence-electron chi connectivity index (χ2n) is 4.87. The van der Waals surface area contributed by atoms with Crippen molar-refractivity contribution in [3.8, 4) is 0 Å². The Morgan fingerprint density at radius 1 is 1.63 bits per heavy atom. The molecule has 1 radical (unpaired) electrons. The standard InChI is InChI=1S/C13H20N3O3/c1-10(17)13(18)15-6-4-12(5-7-15)16-8-3-11(14-16)9-19-2/h8,10,12,17H,4-7,9H2,1-2H3/t10-/m0/s1. The summed E-state index contributed by atoms with van der Waals surface area (Å²) in [7, 11) is 1.63. The highest BCUT2D eigenvalue weighted by molar-refractivity contribution is 5.80. The molecule has 6 nitrogen and oxygen atoms in total. The van der Waals surface area contributed by atoms with Gasteiger partial charge >= 0.3 is 0 Å². The highest BCUT2D eigenvalue weighted by atomic mass is 16.5. The molecule has 1 N–H and O–H groups in total. The van der Waals surface area contributed by atoms with Crippen LogP contribution < -0.4 is 0 Å². The molecule has 1 amide bonds. The lowest BCUT2D eigenvalue weighted by Gasteiger charge is -2.32. The number of aromatic nitrogens is 2. The highest BCUT2D eigenvalue weighted by Crippen LogP contribution is 2.22. The minimum Gasteiger partial charge on any atom is -0.384 e. The number of aliphatic hydroxyl groups excluding tert-OH is 1. The third kappa shape index (κ3) is 3.33. The third-order valence-electron chi connectivity index (χ3n) is 3.39. The van der Waals surface area contributed by atoms with E-state index in [4.69, 9.17) is 4.74 Å². The molecular weight excluding hydrogens is 246 g/mol. The normalized spacial score (nSPS) is 18.6. The molecule has 2 heterocycles. The first-order valence-corrected chi connectivity index (χ1v) is 6.53. The van der Waals surface area contributed by atoms with Crippen LogP contribution in [0.5, 0.6) is 0 Å². The first-order valence-electron chi connectivity index (χ1n) is 6.53. The van der Waals surface area contributed by atoms with Crippen molar-refractivity contribution >= 4 is 5.91 Å². The molecule has 1 aliphatic rings. The van der Waals surface area contributed by atoms with Crippen LogP contribution in [0.15, 0.2) is 6.20 Å². The van der Waals surface area contributed by atoms with Crippen molar-refractivity contribution in [3.63, 3.8) is 0 Å². The predicted molar refractivity (Wildman–Crippen MR) is 68.3 cm³/mol. The molecule has 2 rings (SSSR count). The summed E-state index contributed by atoms with van der Waals surface area (Å²) < 4.78 is 6.92. The summed E-state index contributed by atoms with van der Waals surface area (Å²) in [4.78, 5) is 13.4. The molecule has 105 valence electrons. The van der Waals surface area contributed by atoms with Crippen molar-refractivity contribution < 1.29 is 14.6 Å². The average Bonchev–Trinajstić information content (AvgIpc) is 2.87. The minimum absolute atomic E-state index is 0.189. The van der Waals surface area contributed by atoms with Gasteiger partial charge in [0.15, 0.2) is 0 Å². The number of hydrogen-bond acceptors (Lipinski definition) is 4. The second kappa shape index (κ2) is 6.16. The minimum atomic E-state index is -0.914. The van der Waals surface area contributed by atoms with Gasteiger partial charge in [-0.15, -0.1) is 0 Å². The topological polar surface area (TPSA) is 67.6 Å². The van der Waals surface area contributed by atoms with Crippen LogP contribution in [0.2, 0.25) is 0 Å². The molecular formula is C13H20N3O3. The van der Waals surface area contributed by atoms with Crippen LogP contribution in [0.25, 0.3) is 0 Å². The van der Waals surface area contributed by atoms with Crippen molar-refractivity contribution in [2.24, 2.45) is 0 Å². The number of nitrogens with zero attached hydrogens (tertiary/aromatic N) is 3. The van der Waals surface area contributed by atoms with Crippen molar-refractivity contribution in [2.75, 3.05) is 20.2 Å². The molecule has 6 heteroatoms. The van der Waals surface area contributed by atoms with E-state index in [-0.39, 0.29) is 5.91 Å². The summed E-state index contributed by atoms with van der Waals surface area (Å²) in [6.07, 6.45) is 2.62. The van der Waals surface area contributed by atoms with Crippen molar-refractivity contribution in [2.45, 2.75) is 38.5 Å². The van der Waals surface area contributed by atoms with Crippen molar-refractivity contribution in [1.29, 1.82) is 0 Å². The molecule has 0 aliphatic carbocycles. The summed E-state index contributed by atoms with van der Waals surface area (Å²) in [5, 5.41) is 13.7. The molecule has 0 unspecified atom stereocenters. The fraction of sp³-hybridized carbons (Fsp3) is 0.692. The van der Waals surface area contributed by atoms with Crippen LogP contribution in [0.1, 0.15) is 31.5 Å². The van der Waals surface area contributed by atoms with Gasteiger partial charge in [0.1, 0.15) is 6.10 Å². The number of carbonyl (C=O) groups excluding carboxylic acids is 1. The number of piperidine rings is 1. The SMILES string of the molecule is COCc1[c]cn(C2CCN(C(=O)[C@H](C)O)CC2)n1. The van der Waals surface area contributed by atoms with E-state index in [9.17, 15) is 9.90 Å². The molecule has 1 aliphatic heterocycles. The lowest BCUT2D eigenvalue weighted by atomic mass is 10.0. The third-order valence-corrected chi connectivity index (χ3v) is 3.39. The Morgan fingerprint density at radius 3 is 2.89 bits per heavy atom. The number of amides is 1. The van der Waals surface area contributed by atoms with E-state index >= 15 is 0 Å². The molecule has 1 atom stereocenters. The summed E-state index contributed by atoms with van der Waals surface area (Å²) in [6.45, 7) is 3.29. The molecule has 1 saturated heterocycles. The molecule has 1 aromatic heterocycles.